The van der Waals surface area contributed by atoms with Crippen molar-refractivity contribution in [2.24, 2.45) is 0 Å². The van der Waals surface area contributed by atoms with E-state index in [-0.39, 0.29) is 0 Å². The van der Waals surface area contributed by atoms with Crippen molar-refractivity contribution in [3.8, 4) is 0 Å². The highest BCUT2D eigenvalue weighted by Gasteiger charge is 2.10. The molecule has 0 fully saturated rings. The smallest absolute Gasteiger partial charge is 0.0233 e. The Hall–Kier alpha value is -1.02. The number of hydrogen-bond acceptors (Lipinski definition) is 6. The number of benzene rings is 1. The number of hydrogen-bond donors (Lipinski definition) is 4. The molecule has 0 bridgehead atoms. The molecule has 0 saturated heterocycles. The van der Waals surface area contributed by atoms with Crippen molar-refractivity contribution in [2.75, 3.05) is 78.5 Å². The van der Waals surface area contributed by atoms with Gasteiger partial charge in [-0.2, -0.15) is 0 Å². The standard InChI is InChI=1S/C44H88N6/c1-5-9-13-17-28-45-32-22-36-49(37-23-33-46-29-18-14-10-6-2)41-43-26-21-27-44(40-43)42-50(38-24-34-47-30-19-15-11-7-3)39-25-35-48-31-20-16-12-8-4/h21,26-27,40,45-48H,5-20,22-25,28-39,41-42H2,1-4H3. The molecule has 0 aliphatic rings. The Labute approximate surface area is 313 Å². The molecule has 1 aromatic carbocycles. The van der Waals surface area contributed by atoms with Gasteiger partial charge in [-0.3, -0.25) is 9.80 Å². The zero-order valence-electron chi connectivity index (χ0n) is 34.2. The van der Waals surface area contributed by atoms with Gasteiger partial charge in [-0.05, 0) is 141 Å². The van der Waals surface area contributed by atoms with Gasteiger partial charge in [-0.1, -0.05) is 129 Å². The van der Waals surface area contributed by atoms with E-state index in [0.717, 1.165) is 39.3 Å². The highest BCUT2D eigenvalue weighted by molar-refractivity contribution is 5.23. The first-order chi connectivity index (χ1) is 24.7. The molecule has 0 aliphatic carbocycles. The fourth-order valence-corrected chi connectivity index (χ4v) is 6.80. The van der Waals surface area contributed by atoms with Gasteiger partial charge in [-0.25, -0.2) is 0 Å². The first-order valence-corrected chi connectivity index (χ1v) is 22.1. The van der Waals surface area contributed by atoms with E-state index in [2.05, 4.69) is 83.0 Å². The summed E-state index contributed by atoms with van der Waals surface area (Å²) < 4.78 is 0. The summed E-state index contributed by atoms with van der Waals surface area (Å²) in [4.78, 5) is 5.43. The summed E-state index contributed by atoms with van der Waals surface area (Å²) in [5.41, 5.74) is 2.95. The van der Waals surface area contributed by atoms with Gasteiger partial charge in [-0.15, -0.1) is 0 Å². The maximum atomic E-state index is 3.71. The Bertz CT molecular complexity index is 703. The summed E-state index contributed by atoms with van der Waals surface area (Å²) in [6.07, 6.45) is 26.3. The fraction of sp³-hybridized carbons (Fsp3) is 0.864. The molecule has 0 unspecified atom stereocenters. The lowest BCUT2D eigenvalue weighted by Gasteiger charge is -2.25. The normalized spacial score (nSPS) is 11.8. The summed E-state index contributed by atoms with van der Waals surface area (Å²) >= 11 is 0. The summed E-state index contributed by atoms with van der Waals surface area (Å²) in [5, 5.41) is 14.9. The van der Waals surface area contributed by atoms with Crippen LogP contribution in [-0.4, -0.2) is 88.3 Å². The molecule has 50 heavy (non-hydrogen) atoms. The van der Waals surface area contributed by atoms with Crippen LogP contribution < -0.4 is 21.3 Å². The Balaban J connectivity index is 2.67. The van der Waals surface area contributed by atoms with E-state index in [1.54, 1.807) is 0 Å². The molecule has 0 saturated carbocycles. The molecule has 0 atom stereocenters. The molecule has 0 heterocycles. The number of nitrogens with zero attached hydrogens (tertiary/aromatic N) is 2. The lowest BCUT2D eigenvalue weighted by molar-refractivity contribution is 0.252. The average Bonchev–Trinajstić information content (AvgIpc) is 3.12. The molecular formula is C44H88N6. The SMILES string of the molecule is CCCCCCNCCCN(CCCNCCCCCC)Cc1cccc(CN(CCCNCCCCCC)CCCNCCCCCC)c1. The van der Waals surface area contributed by atoms with E-state index in [1.807, 2.05) is 0 Å². The molecule has 294 valence electrons. The van der Waals surface area contributed by atoms with Gasteiger partial charge in [0.15, 0.2) is 0 Å². The van der Waals surface area contributed by atoms with Gasteiger partial charge in [0.25, 0.3) is 0 Å². The minimum atomic E-state index is 1.06. The Morgan fingerprint density at radius 1 is 0.360 bits per heavy atom. The molecule has 0 amide bonds. The lowest BCUT2D eigenvalue weighted by atomic mass is 10.1. The second kappa shape index (κ2) is 37.7. The molecule has 0 aliphatic heterocycles. The minimum Gasteiger partial charge on any atom is -0.317 e. The Morgan fingerprint density at radius 2 is 0.640 bits per heavy atom. The molecule has 1 aromatic rings. The zero-order chi connectivity index (χ0) is 36.0. The van der Waals surface area contributed by atoms with Crippen LogP contribution in [-0.2, 0) is 13.1 Å². The molecule has 6 nitrogen and oxygen atoms in total. The van der Waals surface area contributed by atoms with Crippen LogP contribution in [0.25, 0.3) is 0 Å². The van der Waals surface area contributed by atoms with Gasteiger partial charge in [0.1, 0.15) is 0 Å². The third-order valence-electron chi connectivity index (χ3n) is 9.94. The molecule has 6 heteroatoms. The third-order valence-corrected chi connectivity index (χ3v) is 9.94. The van der Waals surface area contributed by atoms with Crippen molar-refractivity contribution in [3.63, 3.8) is 0 Å². The summed E-state index contributed by atoms with van der Waals surface area (Å²) in [6, 6.07) is 9.55. The highest BCUT2D eigenvalue weighted by Crippen LogP contribution is 2.13. The molecule has 0 aromatic heterocycles. The van der Waals surface area contributed by atoms with Crippen molar-refractivity contribution < 1.29 is 0 Å². The Kier molecular flexibility index (Phi) is 35.5. The van der Waals surface area contributed by atoms with Crippen molar-refractivity contribution in [1.82, 2.24) is 31.1 Å². The van der Waals surface area contributed by atoms with E-state index in [1.165, 1.54) is 192 Å². The molecular weight excluding hydrogens is 613 g/mol. The Morgan fingerprint density at radius 3 is 0.920 bits per heavy atom. The average molecular weight is 701 g/mol. The summed E-state index contributed by atoms with van der Waals surface area (Å²) in [6.45, 7) is 25.2. The van der Waals surface area contributed by atoms with Gasteiger partial charge in [0.2, 0.25) is 0 Å². The number of rotatable bonds is 40. The van der Waals surface area contributed by atoms with Crippen molar-refractivity contribution in [1.29, 1.82) is 0 Å². The number of unbranched alkanes of at least 4 members (excludes halogenated alkanes) is 12. The van der Waals surface area contributed by atoms with Crippen LogP contribution in [0.15, 0.2) is 24.3 Å². The maximum Gasteiger partial charge on any atom is 0.0233 e. The maximum absolute atomic E-state index is 3.71. The van der Waals surface area contributed by atoms with Gasteiger partial charge >= 0.3 is 0 Å². The van der Waals surface area contributed by atoms with E-state index in [4.69, 9.17) is 0 Å². The molecule has 0 radical (unpaired) electrons. The minimum absolute atomic E-state index is 1.06. The molecule has 0 spiro atoms. The van der Waals surface area contributed by atoms with Crippen LogP contribution in [0.4, 0.5) is 0 Å². The van der Waals surface area contributed by atoms with Gasteiger partial charge in [0, 0.05) is 13.1 Å². The quantitative estimate of drug-likeness (QED) is 0.0512. The van der Waals surface area contributed by atoms with Crippen LogP contribution in [0.1, 0.15) is 167 Å². The third kappa shape index (κ3) is 30.6. The van der Waals surface area contributed by atoms with E-state index in [9.17, 15) is 0 Å². The largest absolute Gasteiger partial charge is 0.317 e. The fourth-order valence-electron chi connectivity index (χ4n) is 6.80. The highest BCUT2D eigenvalue weighted by atomic mass is 15.1. The summed E-state index contributed by atoms with van der Waals surface area (Å²) in [5.74, 6) is 0. The van der Waals surface area contributed by atoms with E-state index in [0.29, 0.717) is 0 Å². The van der Waals surface area contributed by atoms with Crippen molar-refractivity contribution >= 4 is 0 Å². The van der Waals surface area contributed by atoms with Crippen LogP contribution in [0.3, 0.4) is 0 Å². The van der Waals surface area contributed by atoms with E-state index < -0.39 is 0 Å². The first-order valence-electron chi connectivity index (χ1n) is 22.1. The first kappa shape index (κ1) is 47.0. The van der Waals surface area contributed by atoms with Gasteiger partial charge < -0.3 is 21.3 Å². The van der Waals surface area contributed by atoms with E-state index >= 15 is 0 Å². The van der Waals surface area contributed by atoms with Crippen molar-refractivity contribution in [3.05, 3.63) is 35.4 Å². The van der Waals surface area contributed by atoms with Crippen LogP contribution >= 0.6 is 0 Å². The zero-order valence-corrected chi connectivity index (χ0v) is 34.2. The molecule has 1 rings (SSSR count). The summed E-state index contributed by atoms with van der Waals surface area (Å²) in [7, 11) is 0. The monoisotopic (exact) mass is 701 g/mol. The second-order valence-electron chi connectivity index (χ2n) is 15.0. The predicted molar refractivity (Wildman–Crippen MR) is 224 cm³/mol. The second-order valence-corrected chi connectivity index (χ2v) is 15.0. The van der Waals surface area contributed by atoms with Crippen LogP contribution in [0, 0.1) is 0 Å². The number of nitrogens with one attached hydrogen (secondary N) is 4. The van der Waals surface area contributed by atoms with Crippen molar-refractivity contribution in [2.45, 2.75) is 169 Å². The topological polar surface area (TPSA) is 54.6 Å². The van der Waals surface area contributed by atoms with Crippen LogP contribution in [0.2, 0.25) is 0 Å². The lowest BCUT2D eigenvalue weighted by Crippen LogP contribution is -2.31. The van der Waals surface area contributed by atoms with Gasteiger partial charge in [0.05, 0.1) is 0 Å². The van der Waals surface area contributed by atoms with Crippen LogP contribution in [0.5, 0.6) is 0 Å². The molecule has 4 N–H and O–H groups in total. The predicted octanol–water partition coefficient (Wildman–Crippen LogP) is 9.53.